The molecule has 2 rings (SSSR count). The SMILES string of the molecule is C=CC(CCCC(=C)C)N(c1ccccc1I)S(=O)(=O)c1ccc(OC)cc1. The fourth-order valence-electron chi connectivity index (χ4n) is 2.92. The first-order valence-corrected chi connectivity index (χ1v) is 11.5. The Morgan fingerprint density at radius 3 is 2.39 bits per heavy atom. The summed E-state index contributed by atoms with van der Waals surface area (Å²) in [4.78, 5) is 0.222. The highest BCUT2D eigenvalue weighted by atomic mass is 127. The van der Waals surface area contributed by atoms with Crippen molar-refractivity contribution in [3.8, 4) is 5.75 Å². The van der Waals surface area contributed by atoms with Gasteiger partial charge in [0.15, 0.2) is 0 Å². The van der Waals surface area contributed by atoms with E-state index in [1.807, 2.05) is 31.2 Å². The van der Waals surface area contributed by atoms with E-state index in [9.17, 15) is 8.42 Å². The molecule has 150 valence electrons. The minimum Gasteiger partial charge on any atom is -0.497 e. The molecule has 0 aliphatic carbocycles. The molecule has 0 bridgehead atoms. The van der Waals surface area contributed by atoms with Crippen molar-refractivity contribution in [2.45, 2.75) is 37.1 Å². The van der Waals surface area contributed by atoms with Crippen molar-refractivity contribution in [1.29, 1.82) is 0 Å². The third kappa shape index (κ3) is 5.38. The van der Waals surface area contributed by atoms with Crippen LogP contribution in [0.15, 0.2) is 78.2 Å². The molecule has 28 heavy (non-hydrogen) atoms. The molecule has 0 saturated heterocycles. The molecule has 0 radical (unpaired) electrons. The van der Waals surface area contributed by atoms with E-state index in [-0.39, 0.29) is 10.9 Å². The molecule has 0 spiro atoms. The van der Waals surface area contributed by atoms with Gasteiger partial charge in [-0.3, -0.25) is 4.31 Å². The molecule has 2 aromatic carbocycles. The average Bonchev–Trinajstić information content (AvgIpc) is 2.68. The van der Waals surface area contributed by atoms with Crippen LogP contribution in [0.1, 0.15) is 26.2 Å². The van der Waals surface area contributed by atoms with Crippen LogP contribution in [0.5, 0.6) is 5.75 Å². The number of allylic oxidation sites excluding steroid dienone is 1. The van der Waals surface area contributed by atoms with Crippen molar-refractivity contribution in [2.75, 3.05) is 11.4 Å². The molecule has 0 heterocycles. The number of sulfonamides is 1. The fourth-order valence-corrected chi connectivity index (χ4v) is 5.41. The minimum absolute atomic E-state index is 0.222. The Morgan fingerprint density at radius 1 is 1.21 bits per heavy atom. The van der Waals surface area contributed by atoms with Gasteiger partial charge in [0.2, 0.25) is 0 Å². The summed E-state index contributed by atoms with van der Waals surface area (Å²) < 4.78 is 34.7. The molecule has 1 atom stereocenters. The fraction of sp³-hybridized carbons (Fsp3) is 0.273. The van der Waals surface area contributed by atoms with Crippen LogP contribution < -0.4 is 9.04 Å². The smallest absolute Gasteiger partial charge is 0.264 e. The maximum atomic E-state index is 13.6. The standard InChI is InChI=1S/C22H26INO3S/c1-5-18(10-8-9-17(2)3)24(22-12-7-6-11-21(22)23)28(25,26)20-15-13-19(27-4)14-16-20/h5-7,11-16,18H,1-2,8-10H2,3-4H3. The summed E-state index contributed by atoms with van der Waals surface area (Å²) in [5.74, 6) is 0.613. The van der Waals surface area contributed by atoms with E-state index in [0.717, 1.165) is 22.0 Å². The van der Waals surface area contributed by atoms with Gasteiger partial charge in [0.05, 0.1) is 23.7 Å². The highest BCUT2D eigenvalue weighted by Gasteiger charge is 2.31. The number of halogens is 1. The van der Waals surface area contributed by atoms with Crippen LogP contribution in [-0.2, 0) is 10.0 Å². The van der Waals surface area contributed by atoms with Gasteiger partial charge in [0, 0.05) is 3.57 Å². The number of methoxy groups -OCH3 is 1. The maximum Gasteiger partial charge on any atom is 0.264 e. The zero-order valence-corrected chi connectivity index (χ0v) is 19.2. The Hall–Kier alpha value is -1.80. The second kappa shape index (κ2) is 10.1. The molecule has 0 saturated carbocycles. The Kier molecular flexibility index (Phi) is 8.12. The Morgan fingerprint density at radius 2 is 1.86 bits per heavy atom. The van der Waals surface area contributed by atoms with Crippen LogP contribution in [0.2, 0.25) is 0 Å². The van der Waals surface area contributed by atoms with E-state index in [1.165, 1.54) is 4.31 Å². The van der Waals surface area contributed by atoms with E-state index in [2.05, 4.69) is 35.7 Å². The maximum absolute atomic E-state index is 13.6. The van der Waals surface area contributed by atoms with Crippen LogP contribution in [0, 0.1) is 3.57 Å². The molecule has 0 aliphatic rings. The number of hydrogen-bond acceptors (Lipinski definition) is 3. The Labute approximate surface area is 182 Å². The summed E-state index contributed by atoms with van der Waals surface area (Å²) in [6.45, 7) is 9.84. The monoisotopic (exact) mass is 511 g/mol. The van der Waals surface area contributed by atoms with E-state index in [4.69, 9.17) is 4.74 Å². The van der Waals surface area contributed by atoms with Gasteiger partial charge in [-0.15, -0.1) is 13.2 Å². The van der Waals surface area contributed by atoms with Crippen molar-refractivity contribution < 1.29 is 13.2 Å². The van der Waals surface area contributed by atoms with Gasteiger partial charge in [-0.2, -0.15) is 0 Å². The molecule has 2 aromatic rings. The van der Waals surface area contributed by atoms with Crippen LogP contribution in [-0.4, -0.2) is 21.6 Å². The lowest BCUT2D eigenvalue weighted by atomic mass is 10.1. The summed E-state index contributed by atoms with van der Waals surface area (Å²) in [5, 5.41) is 0. The molecule has 0 aromatic heterocycles. The van der Waals surface area contributed by atoms with E-state index >= 15 is 0 Å². The van der Waals surface area contributed by atoms with Gasteiger partial charge in [-0.25, -0.2) is 8.42 Å². The number of hydrogen-bond donors (Lipinski definition) is 0. The van der Waals surface area contributed by atoms with Crippen LogP contribution >= 0.6 is 22.6 Å². The molecule has 0 amide bonds. The molecule has 0 N–H and O–H groups in total. The summed E-state index contributed by atoms with van der Waals surface area (Å²) in [6.07, 6.45) is 4.07. The summed E-state index contributed by atoms with van der Waals surface area (Å²) >= 11 is 2.17. The molecule has 4 nitrogen and oxygen atoms in total. The number of benzene rings is 2. The molecular formula is C22H26INO3S. The summed E-state index contributed by atoms with van der Waals surface area (Å²) in [7, 11) is -2.23. The number of ether oxygens (including phenoxy) is 1. The van der Waals surface area contributed by atoms with Crippen LogP contribution in [0.3, 0.4) is 0 Å². The summed E-state index contributed by atoms with van der Waals surface area (Å²) in [5.41, 5.74) is 1.74. The third-order valence-electron chi connectivity index (χ3n) is 4.38. The van der Waals surface area contributed by atoms with Gasteiger partial charge in [0.25, 0.3) is 10.0 Å². The molecule has 6 heteroatoms. The molecule has 0 fully saturated rings. The number of rotatable bonds is 10. The topological polar surface area (TPSA) is 46.6 Å². The number of para-hydroxylation sites is 1. The lowest BCUT2D eigenvalue weighted by Crippen LogP contribution is -2.40. The normalized spacial score (nSPS) is 12.2. The van der Waals surface area contributed by atoms with Crippen molar-refractivity contribution in [2.24, 2.45) is 0 Å². The first kappa shape index (κ1) is 22.5. The van der Waals surface area contributed by atoms with Gasteiger partial charge < -0.3 is 4.74 Å². The predicted octanol–water partition coefficient (Wildman–Crippen LogP) is 5.80. The number of nitrogens with zero attached hydrogens (tertiary/aromatic N) is 1. The molecular weight excluding hydrogens is 485 g/mol. The highest BCUT2D eigenvalue weighted by Crippen LogP contribution is 2.32. The predicted molar refractivity (Wildman–Crippen MR) is 124 cm³/mol. The Balaban J connectivity index is 2.51. The van der Waals surface area contributed by atoms with Gasteiger partial charge in [0.1, 0.15) is 5.75 Å². The Bertz CT molecular complexity index is 923. The van der Waals surface area contributed by atoms with Crippen LogP contribution in [0.4, 0.5) is 5.69 Å². The highest BCUT2D eigenvalue weighted by molar-refractivity contribution is 14.1. The van der Waals surface area contributed by atoms with Gasteiger partial charge in [-0.1, -0.05) is 23.8 Å². The second-order valence-corrected chi connectivity index (χ2v) is 9.56. The first-order valence-electron chi connectivity index (χ1n) is 9.01. The van der Waals surface area contributed by atoms with Crippen molar-refractivity contribution in [3.05, 3.63) is 76.9 Å². The van der Waals surface area contributed by atoms with E-state index in [1.54, 1.807) is 37.5 Å². The average molecular weight is 511 g/mol. The lowest BCUT2D eigenvalue weighted by Gasteiger charge is -2.32. The van der Waals surface area contributed by atoms with Crippen molar-refractivity contribution in [3.63, 3.8) is 0 Å². The third-order valence-corrected chi connectivity index (χ3v) is 7.15. The number of anilines is 1. The molecule has 0 aliphatic heterocycles. The van der Waals surface area contributed by atoms with Crippen molar-refractivity contribution >= 4 is 38.3 Å². The molecule has 1 unspecified atom stereocenters. The zero-order valence-electron chi connectivity index (χ0n) is 16.3. The van der Waals surface area contributed by atoms with E-state index < -0.39 is 10.0 Å². The van der Waals surface area contributed by atoms with Gasteiger partial charge >= 0.3 is 0 Å². The first-order chi connectivity index (χ1) is 13.3. The van der Waals surface area contributed by atoms with Crippen LogP contribution in [0.25, 0.3) is 0 Å². The zero-order chi connectivity index (χ0) is 20.7. The largest absolute Gasteiger partial charge is 0.497 e. The quantitative estimate of drug-likeness (QED) is 0.300. The van der Waals surface area contributed by atoms with E-state index in [0.29, 0.717) is 17.9 Å². The minimum atomic E-state index is -3.78. The lowest BCUT2D eigenvalue weighted by molar-refractivity contribution is 0.414. The summed E-state index contributed by atoms with van der Waals surface area (Å²) in [6, 6.07) is 13.6. The second-order valence-electron chi connectivity index (χ2n) is 6.58. The van der Waals surface area contributed by atoms with Gasteiger partial charge in [-0.05, 0) is 85.2 Å². The van der Waals surface area contributed by atoms with Crippen molar-refractivity contribution in [1.82, 2.24) is 0 Å².